The molecule has 0 aromatic heterocycles. The van der Waals surface area contributed by atoms with Crippen molar-refractivity contribution in [2.75, 3.05) is 0 Å². The first-order valence-electron chi connectivity index (χ1n) is 0.565. The van der Waals surface area contributed by atoms with Crippen molar-refractivity contribution in [3.63, 3.8) is 0 Å². The van der Waals surface area contributed by atoms with Gasteiger partial charge < -0.3 is 0 Å². The minimum absolute atomic E-state index is 0. The number of thiol groups is 1. The SMILES string of the molecule is O=[SH](=O)O.[Gd]. The van der Waals surface area contributed by atoms with E-state index < -0.39 is 11.0 Å². The summed E-state index contributed by atoms with van der Waals surface area (Å²) in [5, 5.41) is 0. The normalized spacial score (nSPS) is 6.80. The van der Waals surface area contributed by atoms with Crippen molar-refractivity contribution in [2.45, 2.75) is 0 Å². The summed E-state index contributed by atoms with van der Waals surface area (Å²) in [6, 6.07) is 0. The molecule has 5 heteroatoms. The van der Waals surface area contributed by atoms with Gasteiger partial charge in [-0.25, -0.2) is 8.42 Å². The molecule has 0 fully saturated rings. The van der Waals surface area contributed by atoms with E-state index in [1.54, 1.807) is 0 Å². The molecule has 1 N–H and O–H groups in total. The fraction of sp³-hybridized carbons (Fsp3) is 0. The summed E-state index contributed by atoms with van der Waals surface area (Å²) in [7, 11) is -3.12. The van der Waals surface area contributed by atoms with Crippen LogP contribution in [0, 0.1) is 39.9 Å². The Kier molecular flexibility index (Phi) is 9.97. The molecular weight excluding hydrogens is 237 g/mol. The van der Waals surface area contributed by atoms with Crippen LogP contribution in [-0.4, -0.2) is 13.0 Å². The first-order chi connectivity index (χ1) is 1.73. The van der Waals surface area contributed by atoms with E-state index in [1.165, 1.54) is 0 Å². The molecule has 0 aliphatic rings. The zero-order valence-electron chi connectivity index (χ0n) is 2.06. The molecule has 34 valence electrons. The second-order valence-corrected chi connectivity index (χ2v) is 0.714. The summed E-state index contributed by atoms with van der Waals surface area (Å²) < 4.78 is 24.2. The Morgan fingerprint density at radius 1 is 1.40 bits per heavy atom. The molecule has 0 spiro atoms. The second kappa shape index (κ2) is 5.23. The third-order valence-corrected chi connectivity index (χ3v) is 0. The van der Waals surface area contributed by atoms with Crippen molar-refractivity contribution < 1.29 is 52.9 Å². The summed E-state index contributed by atoms with van der Waals surface area (Å²) in [4.78, 5) is 0. The van der Waals surface area contributed by atoms with E-state index in [4.69, 9.17) is 13.0 Å². The Bertz CT molecular complexity index is 55.3. The van der Waals surface area contributed by atoms with Crippen LogP contribution in [0.5, 0.6) is 0 Å². The van der Waals surface area contributed by atoms with E-state index in [0.717, 1.165) is 0 Å². The largest absolute Gasteiger partial charge is 0.288 e. The van der Waals surface area contributed by atoms with Gasteiger partial charge in [0.05, 0.1) is 0 Å². The molecule has 0 aromatic rings. The predicted octanol–water partition coefficient (Wildman–Crippen LogP) is -0.929. The zero-order chi connectivity index (χ0) is 3.58. The zero-order valence-corrected chi connectivity index (χ0v) is 5.23. The maximum absolute atomic E-state index is 8.59. The van der Waals surface area contributed by atoms with Crippen LogP contribution in [0.4, 0.5) is 0 Å². The van der Waals surface area contributed by atoms with Crippen molar-refractivity contribution in [2.24, 2.45) is 0 Å². The van der Waals surface area contributed by atoms with Crippen molar-refractivity contribution in [3.05, 3.63) is 0 Å². The fourth-order valence-electron chi connectivity index (χ4n) is 0. The monoisotopic (exact) mass is 240 g/mol. The van der Waals surface area contributed by atoms with Crippen LogP contribution in [0.1, 0.15) is 0 Å². The van der Waals surface area contributed by atoms with Crippen LogP contribution in [0.25, 0.3) is 0 Å². The summed E-state index contributed by atoms with van der Waals surface area (Å²) >= 11 is 0. The molecule has 0 bridgehead atoms. The predicted molar refractivity (Wildman–Crippen MR) is 12.9 cm³/mol. The van der Waals surface area contributed by atoms with Gasteiger partial charge in [-0.3, -0.25) is 4.55 Å². The van der Waals surface area contributed by atoms with E-state index in [2.05, 4.69) is 0 Å². The molecule has 0 atom stereocenters. The quantitative estimate of drug-likeness (QED) is 0.424. The number of rotatable bonds is 0. The summed E-state index contributed by atoms with van der Waals surface area (Å²) in [6.07, 6.45) is 0. The molecule has 0 amide bonds. The van der Waals surface area contributed by atoms with Gasteiger partial charge in [0.1, 0.15) is 0 Å². The molecular formula is H2GdO3S. The van der Waals surface area contributed by atoms with Crippen LogP contribution in [-0.2, 0) is 11.0 Å². The van der Waals surface area contributed by atoms with Gasteiger partial charge in [-0.1, -0.05) is 0 Å². The molecule has 0 unspecified atom stereocenters. The fourth-order valence-corrected chi connectivity index (χ4v) is 0. The van der Waals surface area contributed by atoms with Crippen LogP contribution in [0.3, 0.4) is 0 Å². The average Bonchev–Trinajstić information content (AvgIpc) is 0.811. The molecule has 0 aliphatic carbocycles. The molecule has 0 heterocycles. The van der Waals surface area contributed by atoms with Crippen molar-refractivity contribution in [3.8, 4) is 0 Å². The van der Waals surface area contributed by atoms with E-state index in [0.29, 0.717) is 0 Å². The van der Waals surface area contributed by atoms with Gasteiger partial charge in [-0.05, 0) is 0 Å². The Balaban J connectivity index is 0. The number of hydrogen-bond donors (Lipinski definition) is 2. The Morgan fingerprint density at radius 3 is 1.40 bits per heavy atom. The van der Waals surface area contributed by atoms with E-state index in [1.807, 2.05) is 0 Å². The van der Waals surface area contributed by atoms with Gasteiger partial charge in [0.25, 0.3) is 11.0 Å². The maximum atomic E-state index is 8.59. The first-order valence-corrected chi connectivity index (χ1v) is 1.70. The molecule has 0 rings (SSSR count). The van der Waals surface area contributed by atoms with Crippen molar-refractivity contribution in [1.29, 1.82) is 0 Å². The second-order valence-electron chi connectivity index (χ2n) is 0.238. The molecule has 0 saturated carbocycles. The van der Waals surface area contributed by atoms with Gasteiger partial charge in [0.2, 0.25) is 0 Å². The van der Waals surface area contributed by atoms with Crippen LogP contribution >= 0.6 is 0 Å². The smallest absolute Gasteiger partial charge is 0.254 e. The Morgan fingerprint density at radius 2 is 1.40 bits per heavy atom. The van der Waals surface area contributed by atoms with Crippen molar-refractivity contribution >= 4 is 11.0 Å². The van der Waals surface area contributed by atoms with Gasteiger partial charge in [-0.15, -0.1) is 0 Å². The standard InChI is InChI=1S/Gd.H2O3S/c;1-4(2)3/h;4H,(H,1,2,3). The first kappa shape index (κ1) is 9.53. The van der Waals surface area contributed by atoms with E-state index in [9.17, 15) is 0 Å². The average molecular weight is 239 g/mol. The Labute approximate surface area is 63.2 Å². The third-order valence-electron chi connectivity index (χ3n) is 0. The molecule has 0 aliphatic heterocycles. The van der Waals surface area contributed by atoms with Gasteiger partial charge in [-0.2, -0.15) is 0 Å². The van der Waals surface area contributed by atoms with Crippen LogP contribution in [0.2, 0.25) is 0 Å². The summed E-state index contributed by atoms with van der Waals surface area (Å²) in [5.41, 5.74) is 0. The molecule has 0 radical (unpaired) electrons. The summed E-state index contributed by atoms with van der Waals surface area (Å²) in [6.45, 7) is 0. The molecule has 0 saturated heterocycles. The molecule has 5 heavy (non-hydrogen) atoms. The van der Waals surface area contributed by atoms with E-state index >= 15 is 0 Å². The van der Waals surface area contributed by atoms with Crippen LogP contribution < -0.4 is 0 Å². The minimum Gasteiger partial charge on any atom is -0.288 e. The topological polar surface area (TPSA) is 54.4 Å². The van der Waals surface area contributed by atoms with Crippen molar-refractivity contribution in [1.82, 2.24) is 0 Å². The van der Waals surface area contributed by atoms with E-state index in [-0.39, 0.29) is 39.9 Å². The van der Waals surface area contributed by atoms with Crippen LogP contribution in [0.15, 0.2) is 0 Å². The minimum atomic E-state index is -3.12. The summed E-state index contributed by atoms with van der Waals surface area (Å²) in [5.74, 6) is 0. The Hall–Kier alpha value is 1.23. The van der Waals surface area contributed by atoms with Gasteiger partial charge in [0.15, 0.2) is 0 Å². The van der Waals surface area contributed by atoms with Gasteiger partial charge >= 0.3 is 0 Å². The molecule has 3 nitrogen and oxygen atoms in total. The van der Waals surface area contributed by atoms with Gasteiger partial charge in [0, 0.05) is 39.9 Å². The third kappa shape index (κ3) is 35.9. The maximum Gasteiger partial charge on any atom is 0.254 e. The number of hydrogen-bond acceptors (Lipinski definition) is 2. The molecule has 0 aromatic carbocycles.